The highest BCUT2D eigenvalue weighted by atomic mass is 16.3. The van der Waals surface area contributed by atoms with Gasteiger partial charge in [-0.3, -0.25) is 4.79 Å². The molecule has 1 atom stereocenters. The summed E-state index contributed by atoms with van der Waals surface area (Å²) < 4.78 is 0. The molecule has 0 spiro atoms. The fraction of sp³-hybridized carbons (Fsp3) is 0.533. The fourth-order valence-electron chi connectivity index (χ4n) is 2.21. The summed E-state index contributed by atoms with van der Waals surface area (Å²) in [5, 5.41) is 9.52. The van der Waals surface area contributed by atoms with E-state index in [1.807, 2.05) is 13.0 Å². The van der Waals surface area contributed by atoms with Gasteiger partial charge in [0, 0.05) is 24.8 Å². The first kappa shape index (κ1) is 15.5. The Morgan fingerprint density at radius 1 is 1.42 bits per heavy atom. The molecule has 0 fully saturated rings. The van der Waals surface area contributed by atoms with Crippen molar-refractivity contribution in [2.24, 2.45) is 17.6 Å². The Labute approximate surface area is 115 Å². The van der Waals surface area contributed by atoms with Crippen molar-refractivity contribution in [3.63, 3.8) is 0 Å². The van der Waals surface area contributed by atoms with Gasteiger partial charge in [-0.25, -0.2) is 0 Å². The molecule has 0 aliphatic heterocycles. The first-order valence-electron chi connectivity index (χ1n) is 6.80. The molecule has 0 bridgehead atoms. The van der Waals surface area contributed by atoms with Crippen LogP contribution in [0.15, 0.2) is 24.3 Å². The van der Waals surface area contributed by atoms with E-state index >= 15 is 0 Å². The highest BCUT2D eigenvalue weighted by Gasteiger charge is 2.24. The SMILES string of the molecule is CCN(C(=O)C(CN)CC(C)C)c1cccc(O)c1. The zero-order chi connectivity index (χ0) is 14.4. The van der Waals surface area contributed by atoms with Gasteiger partial charge in [-0.1, -0.05) is 19.9 Å². The van der Waals surface area contributed by atoms with E-state index in [2.05, 4.69) is 13.8 Å². The van der Waals surface area contributed by atoms with Crippen LogP contribution in [0.4, 0.5) is 5.69 Å². The number of amides is 1. The molecular weight excluding hydrogens is 240 g/mol. The van der Waals surface area contributed by atoms with Crippen LogP contribution in [0.5, 0.6) is 5.75 Å². The van der Waals surface area contributed by atoms with Crippen LogP contribution in [0.2, 0.25) is 0 Å². The number of phenols is 1. The minimum absolute atomic E-state index is 0.0318. The maximum Gasteiger partial charge on any atom is 0.231 e. The van der Waals surface area contributed by atoms with Crippen LogP contribution in [0.3, 0.4) is 0 Å². The molecule has 106 valence electrons. The molecule has 1 aromatic carbocycles. The zero-order valence-corrected chi connectivity index (χ0v) is 12.0. The minimum atomic E-state index is -0.165. The molecule has 1 aromatic rings. The second-order valence-corrected chi connectivity index (χ2v) is 5.16. The third-order valence-corrected chi connectivity index (χ3v) is 3.11. The van der Waals surface area contributed by atoms with Crippen molar-refractivity contribution in [1.82, 2.24) is 0 Å². The third kappa shape index (κ3) is 4.24. The monoisotopic (exact) mass is 264 g/mol. The second-order valence-electron chi connectivity index (χ2n) is 5.16. The van der Waals surface area contributed by atoms with Crippen LogP contribution < -0.4 is 10.6 Å². The predicted octanol–water partition coefficient (Wildman–Crippen LogP) is 2.37. The molecule has 1 amide bonds. The number of phenolic OH excluding ortho intramolecular Hbond substituents is 1. The number of nitrogens with two attached hydrogens (primary N) is 1. The highest BCUT2D eigenvalue weighted by Crippen LogP contribution is 2.23. The number of carbonyl (C=O) groups is 1. The van der Waals surface area contributed by atoms with Crippen molar-refractivity contribution in [2.75, 3.05) is 18.0 Å². The summed E-state index contributed by atoms with van der Waals surface area (Å²) in [6.07, 6.45) is 0.782. The summed E-state index contributed by atoms with van der Waals surface area (Å²) in [6.45, 7) is 7.01. The Morgan fingerprint density at radius 2 is 2.11 bits per heavy atom. The fourth-order valence-corrected chi connectivity index (χ4v) is 2.21. The van der Waals surface area contributed by atoms with Gasteiger partial charge in [0.25, 0.3) is 0 Å². The summed E-state index contributed by atoms with van der Waals surface area (Å²) in [5.41, 5.74) is 6.44. The van der Waals surface area contributed by atoms with Crippen LogP contribution in [0.25, 0.3) is 0 Å². The maximum atomic E-state index is 12.5. The van der Waals surface area contributed by atoms with Crippen LogP contribution in [-0.2, 0) is 4.79 Å². The first-order valence-corrected chi connectivity index (χ1v) is 6.80. The summed E-state index contributed by atoms with van der Waals surface area (Å²) in [6, 6.07) is 6.76. The number of hydrogen-bond donors (Lipinski definition) is 2. The average molecular weight is 264 g/mol. The Kier molecular flexibility index (Phi) is 5.83. The van der Waals surface area contributed by atoms with Crippen molar-refractivity contribution in [3.8, 4) is 5.75 Å². The summed E-state index contributed by atoms with van der Waals surface area (Å²) in [4.78, 5) is 14.2. The lowest BCUT2D eigenvalue weighted by Crippen LogP contribution is -2.39. The molecule has 0 radical (unpaired) electrons. The van der Waals surface area contributed by atoms with E-state index in [-0.39, 0.29) is 17.6 Å². The number of benzene rings is 1. The van der Waals surface area contributed by atoms with E-state index in [0.717, 1.165) is 12.1 Å². The zero-order valence-electron chi connectivity index (χ0n) is 12.0. The summed E-state index contributed by atoms with van der Waals surface area (Å²) >= 11 is 0. The highest BCUT2D eigenvalue weighted by molar-refractivity contribution is 5.95. The lowest BCUT2D eigenvalue weighted by atomic mass is 9.95. The molecule has 0 saturated carbocycles. The van der Waals surface area contributed by atoms with Crippen LogP contribution in [0, 0.1) is 11.8 Å². The summed E-state index contributed by atoms with van der Waals surface area (Å²) in [7, 11) is 0. The molecule has 19 heavy (non-hydrogen) atoms. The van der Waals surface area contributed by atoms with Crippen LogP contribution in [0.1, 0.15) is 27.2 Å². The van der Waals surface area contributed by atoms with Gasteiger partial charge in [-0.15, -0.1) is 0 Å². The normalized spacial score (nSPS) is 12.5. The van der Waals surface area contributed by atoms with E-state index in [1.165, 1.54) is 0 Å². The smallest absolute Gasteiger partial charge is 0.231 e. The molecule has 1 unspecified atom stereocenters. The van der Waals surface area contributed by atoms with Crippen molar-refractivity contribution < 1.29 is 9.90 Å². The summed E-state index contributed by atoms with van der Waals surface area (Å²) in [5.74, 6) is 0.462. The predicted molar refractivity (Wildman–Crippen MR) is 78.1 cm³/mol. The minimum Gasteiger partial charge on any atom is -0.508 e. The molecule has 1 rings (SSSR count). The Morgan fingerprint density at radius 3 is 2.58 bits per heavy atom. The van der Waals surface area contributed by atoms with E-state index in [1.54, 1.807) is 23.1 Å². The Balaban J connectivity index is 2.92. The first-order chi connectivity index (χ1) is 8.99. The van der Waals surface area contributed by atoms with E-state index in [0.29, 0.717) is 19.0 Å². The number of rotatable bonds is 6. The number of aromatic hydroxyl groups is 1. The number of anilines is 1. The Bertz CT molecular complexity index is 418. The molecule has 4 nitrogen and oxygen atoms in total. The average Bonchev–Trinajstić information content (AvgIpc) is 2.36. The maximum absolute atomic E-state index is 12.5. The number of hydrogen-bond acceptors (Lipinski definition) is 3. The Hall–Kier alpha value is -1.55. The number of carbonyl (C=O) groups excluding carboxylic acids is 1. The molecule has 0 heterocycles. The third-order valence-electron chi connectivity index (χ3n) is 3.11. The molecule has 0 saturated heterocycles. The molecule has 3 N–H and O–H groups in total. The van der Waals surface area contributed by atoms with E-state index in [4.69, 9.17) is 5.73 Å². The topological polar surface area (TPSA) is 66.6 Å². The van der Waals surface area contributed by atoms with Gasteiger partial charge < -0.3 is 15.7 Å². The van der Waals surface area contributed by atoms with Gasteiger partial charge in [0.1, 0.15) is 5.75 Å². The van der Waals surface area contributed by atoms with Crippen LogP contribution in [-0.4, -0.2) is 24.1 Å². The molecular formula is C15H24N2O2. The molecule has 4 heteroatoms. The van der Waals surface area contributed by atoms with Gasteiger partial charge in [0.05, 0.1) is 5.92 Å². The van der Waals surface area contributed by atoms with Crippen molar-refractivity contribution in [1.29, 1.82) is 0 Å². The van der Waals surface area contributed by atoms with Gasteiger partial charge in [-0.2, -0.15) is 0 Å². The quantitative estimate of drug-likeness (QED) is 0.829. The van der Waals surface area contributed by atoms with E-state index in [9.17, 15) is 9.90 Å². The standard InChI is InChI=1S/C15H24N2O2/c1-4-17(13-6-5-7-14(18)9-13)15(19)12(10-16)8-11(2)3/h5-7,9,11-12,18H,4,8,10,16H2,1-3H3. The lowest BCUT2D eigenvalue weighted by molar-refractivity contribution is -0.122. The second kappa shape index (κ2) is 7.14. The van der Waals surface area contributed by atoms with Gasteiger partial charge in [0.15, 0.2) is 0 Å². The molecule has 0 aliphatic rings. The number of nitrogens with zero attached hydrogens (tertiary/aromatic N) is 1. The van der Waals surface area contributed by atoms with Crippen molar-refractivity contribution >= 4 is 11.6 Å². The van der Waals surface area contributed by atoms with Crippen molar-refractivity contribution in [2.45, 2.75) is 27.2 Å². The lowest BCUT2D eigenvalue weighted by Gasteiger charge is -2.26. The molecule has 0 aromatic heterocycles. The van der Waals surface area contributed by atoms with E-state index < -0.39 is 0 Å². The largest absolute Gasteiger partial charge is 0.508 e. The van der Waals surface area contributed by atoms with Gasteiger partial charge >= 0.3 is 0 Å². The van der Waals surface area contributed by atoms with Gasteiger partial charge in [0.2, 0.25) is 5.91 Å². The van der Waals surface area contributed by atoms with Crippen LogP contribution >= 0.6 is 0 Å². The van der Waals surface area contributed by atoms with Gasteiger partial charge in [-0.05, 0) is 31.4 Å². The van der Waals surface area contributed by atoms with Crippen molar-refractivity contribution in [3.05, 3.63) is 24.3 Å². The molecule has 0 aliphatic carbocycles.